The van der Waals surface area contributed by atoms with E-state index in [4.69, 9.17) is 9.47 Å². The SMILES string of the molecule is C=CC(=O)OC(C)CCCCC(=O)OC(C)(C)C. The van der Waals surface area contributed by atoms with E-state index in [9.17, 15) is 9.59 Å². The van der Waals surface area contributed by atoms with Crippen molar-refractivity contribution < 1.29 is 19.1 Å². The number of carbonyl (C=O) groups excluding carboxylic acids is 2. The van der Waals surface area contributed by atoms with Gasteiger partial charge in [-0.3, -0.25) is 4.79 Å². The van der Waals surface area contributed by atoms with E-state index in [-0.39, 0.29) is 12.1 Å². The summed E-state index contributed by atoms with van der Waals surface area (Å²) >= 11 is 0. The predicted molar refractivity (Wildman–Crippen MR) is 70.1 cm³/mol. The van der Waals surface area contributed by atoms with E-state index >= 15 is 0 Å². The second-order valence-electron chi connectivity index (χ2n) is 5.28. The summed E-state index contributed by atoms with van der Waals surface area (Å²) in [6, 6.07) is 0. The Morgan fingerprint density at radius 2 is 1.89 bits per heavy atom. The van der Waals surface area contributed by atoms with Crippen LogP contribution in [0.15, 0.2) is 12.7 Å². The normalized spacial score (nSPS) is 12.7. The second kappa shape index (κ2) is 7.90. The van der Waals surface area contributed by atoms with E-state index in [2.05, 4.69) is 6.58 Å². The van der Waals surface area contributed by atoms with Gasteiger partial charge >= 0.3 is 11.9 Å². The Kier molecular flexibility index (Phi) is 7.32. The lowest BCUT2D eigenvalue weighted by molar-refractivity contribution is -0.155. The Labute approximate surface area is 109 Å². The summed E-state index contributed by atoms with van der Waals surface area (Å²) in [6.07, 6.45) is 3.71. The van der Waals surface area contributed by atoms with Crippen LogP contribution in [0.1, 0.15) is 53.4 Å². The Hall–Kier alpha value is -1.32. The fraction of sp³-hybridized carbons (Fsp3) is 0.714. The molecule has 0 aromatic carbocycles. The molecule has 18 heavy (non-hydrogen) atoms. The van der Waals surface area contributed by atoms with E-state index < -0.39 is 11.6 Å². The van der Waals surface area contributed by atoms with Crippen LogP contribution in [0.25, 0.3) is 0 Å². The summed E-state index contributed by atoms with van der Waals surface area (Å²) in [5.74, 6) is -0.590. The zero-order chi connectivity index (χ0) is 14.2. The molecule has 0 aromatic heterocycles. The molecule has 0 aliphatic rings. The smallest absolute Gasteiger partial charge is 0.330 e. The van der Waals surface area contributed by atoms with Gasteiger partial charge in [-0.1, -0.05) is 6.58 Å². The average Bonchev–Trinajstić information content (AvgIpc) is 2.21. The molecule has 104 valence electrons. The molecule has 0 N–H and O–H groups in total. The number of unbranched alkanes of at least 4 members (excludes halogenated alkanes) is 1. The molecule has 0 fully saturated rings. The summed E-state index contributed by atoms with van der Waals surface area (Å²) < 4.78 is 10.2. The van der Waals surface area contributed by atoms with E-state index in [0.29, 0.717) is 6.42 Å². The minimum Gasteiger partial charge on any atom is -0.460 e. The van der Waals surface area contributed by atoms with E-state index in [1.54, 1.807) is 0 Å². The van der Waals surface area contributed by atoms with Crippen molar-refractivity contribution in [2.75, 3.05) is 0 Å². The van der Waals surface area contributed by atoms with Crippen LogP contribution >= 0.6 is 0 Å². The zero-order valence-electron chi connectivity index (χ0n) is 11.8. The zero-order valence-corrected chi connectivity index (χ0v) is 11.8. The van der Waals surface area contributed by atoms with E-state index in [1.807, 2.05) is 27.7 Å². The topological polar surface area (TPSA) is 52.6 Å². The molecule has 0 bridgehead atoms. The monoisotopic (exact) mass is 256 g/mol. The molecule has 0 aromatic rings. The fourth-order valence-electron chi connectivity index (χ4n) is 1.40. The number of esters is 2. The van der Waals surface area contributed by atoms with Crippen LogP contribution in [0.2, 0.25) is 0 Å². The van der Waals surface area contributed by atoms with Gasteiger partial charge in [0.2, 0.25) is 0 Å². The molecular weight excluding hydrogens is 232 g/mol. The highest BCUT2D eigenvalue weighted by atomic mass is 16.6. The standard InChI is InChI=1S/C14H24O4/c1-6-12(15)17-11(2)9-7-8-10-13(16)18-14(3,4)5/h6,11H,1,7-10H2,2-5H3. The van der Waals surface area contributed by atoms with Gasteiger partial charge in [-0.2, -0.15) is 0 Å². The van der Waals surface area contributed by atoms with Crippen molar-refractivity contribution >= 4 is 11.9 Å². The molecule has 0 saturated heterocycles. The summed E-state index contributed by atoms with van der Waals surface area (Å²) in [4.78, 5) is 22.3. The van der Waals surface area contributed by atoms with Gasteiger partial charge in [-0.25, -0.2) is 4.79 Å². The van der Waals surface area contributed by atoms with Crippen LogP contribution in [0.3, 0.4) is 0 Å². The molecule has 0 aliphatic heterocycles. The highest BCUT2D eigenvalue weighted by Gasteiger charge is 2.15. The maximum atomic E-state index is 11.4. The third-order valence-corrected chi connectivity index (χ3v) is 2.15. The highest BCUT2D eigenvalue weighted by Crippen LogP contribution is 2.12. The number of carbonyl (C=O) groups is 2. The predicted octanol–water partition coefficient (Wildman–Crippen LogP) is 3.01. The molecule has 1 unspecified atom stereocenters. The van der Waals surface area contributed by atoms with Gasteiger partial charge in [0.1, 0.15) is 5.60 Å². The van der Waals surface area contributed by atoms with Crippen molar-refractivity contribution in [3.63, 3.8) is 0 Å². The third-order valence-electron chi connectivity index (χ3n) is 2.15. The molecule has 0 rings (SSSR count). The van der Waals surface area contributed by atoms with Crippen LogP contribution in [0.5, 0.6) is 0 Å². The van der Waals surface area contributed by atoms with Gasteiger partial charge in [-0.05, 0) is 47.0 Å². The molecule has 1 atom stereocenters. The molecular formula is C14H24O4. The first-order valence-corrected chi connectivity index (χ1v) is 6.29. The fourth-order valence-corrected chi connectivity index (χ4v) is 1.40. The Bertz CT molecular complexity index is 289. The highest BCUT2D eigenvalue weighted by molar-refractivity contribution is 5.81. The van der Waals surface area contributed by atoms with Crippen molar-refractivity contribution in [2.45, 2.75) is 65.1 Å². The van der Waals surface area contributed by atoms with Crippen molar-refractivity contribution in [3.05, 3.63) is 12.7 Å². The van der Waals surface area contributed by atoms with Gasteiger partial charge in [0.25, 0.3) is 0 Å². The molecule has 0 aliphatic carbocycles. The molecule has 0 saturated carbocycles. The van der Waals surface area contributed by atoms with Gasteiger partial charge in [0.15, 0.2) is 0 Å². The van der Waals surface area contributed by atoms with Crippen LogP contribution in [-0.2, 0) is 19.1 Å². The number of rotatable bonds is 7. The van der Waals surface area contributed by atoms with Gasteiger partial charge in [0, 0.05) is 12.5 Å². The molecule has 0 radical (unpaired) electrons. The molecule has 0 heterocycles. The van der Waals surface area contributed by atoms with Crippen LogP contribution in [-0.4, -0.2) is 23.6 Å². The molecule has 0 amide bonds. The first-order chi connectivity index (χ1) is 8.24. The largest absolute Gasteiger partial charge is 0.460 e. The maximum Gasteiger partial charge on any atom is 0.330 e. The van der Waals surface area contributed by atoms with E-state index in [0.717, 1.165) is 25.3 Å². The number of ether oxygens (including phenoxy) is 2. The third kappa shape index (κ3) is 9.87. The Morgan fingerprint density at radius 3 is 2.39 bits per heavy atom. The Balaban J connectivity index is 3.64. The maximum absolute atomic E-state index is 11.4. The number of hydrogen-bond acceptors (Lipinski definition) is 4. The van der Waals surface area contributed by atoms with Gasteiger partial charge < -0.3 is 9.47 Å². The van der Waals surface area contributed by atoms with Crippen LogP contribution in [0.4, 0.5) is 0 Å². The van der Waals surface area contributed by atoms with Crippen LogP contribution in [0, 0.1) is 0 Å². The minimum absolute atomic E-state index is 0.144. The second-order valence-corrected chi connectivity index (χ2v) is 5.28. The van der Waals surface area contributed by atoms with Crippen LogP contribution < -0.4 is 0 Å². The number of hydrogen-bond donors (Lipinski definition) is 0. The van der Waals surface area contributed by atoms with E-state index in [1.165, 1.54) is 0 Å². The minimum atomic E-state index is -0.427. The molecule has 4 heteroatoms. The lowest BCUT2D eigenvalue weighted by Gasteiger charge is -2.19. The van der Waals surface area contributed by atoms with Crippen molar-refractivity contribution in [1.29, 1.82) is 0 Å². The van der Waals surface area contributed by atoms with Crippen molar-refractivity contribution in [2.24, 2.45) is 0 Å². The summed E-state index contributed by atoms with van der Waals surface area (Å²) in [6.45, 7) is 10.7. The average molecular weight is 256 g/mol. The lowest BCUT2D eigenvalue weighted by atomic mass is 10.1. The summed E-state index contributed by atoms with van der Waals surface area (Å²) in [7, 11) is 0. The van der Waals surface area contributed by atoms with Crippen molar-refractivity contribution in [1.82, 2.24) is 0 Å². The van der Waals surface area contributed by atoms with Gasteiger partial charge in [0.05, 0.1) is 6.10 Å². The quantitative estimate of drug-likeness (QED) is 0.399. The van der Waals surface area contributed by atoms with Crippen molar-refractivity contribution in [3.8, 4) is 0 Å². The molecule has 4 nitrogen and oxygen atoms in total. The Morgan fingerprint density at radius 1 is 1.28 bits per heavy atom. The molecule has 0 spiro atoms. The first-order valence-electron chi connectivity index (χ1n) is 6.29. The summed E-state index contributed by atoms with van der Waals surface area (Å²) in [5, 5.41) is 0. The van der Waals surface area contributed by atoms with Gasteiger partial charge in [-0.15, -0.1) is 0 Å². The first kappa shape index (κ1) is 16.7. The summed E-state index contributed by atoms with van der Waals surface area (Å²) in [5.41, 5.74) is -0.427. The lowest BCUT2D eigenvalue weighted by Crippen LogP contribution is -2.23.